The van der Waals surface area contributed by atoms with Crippen molar-refractivity contribution in [2.75, 3.05) is 18.6 Å². The number of hydrogen-bond donors (Lipinski definition) is 3. The van der Waals surface area contributed by atoms with Crippen LogP contribution in [0.25, 0.3) is 0 Å². The molecule has 1 aliphatic rings. The van der Waals surface area contributed by atoms with Crippen LogP contribution in [0, 0.1) is 4.91 Å². The van der Waals surface area contributed by atoms with Gasteiger partial charge in [-0.15, -0.1) is 4.91 Å². The Hall–Kier alpha value is -3.48. The molecular formula is C31H42N4O7S. The van der Waals surface area contributed by atoms with Gasteiger partial charge in [0.15, 0.2) is 0 Å². The fraction of sp³-hybridized carbons (Fsp3) is 0.516. The lowest BCUT2D eigenvalue weighted by atomic mass is 9.82. The third kappa shape index (κ3) is 9.50. The Balaban J connectivity index is 1.83. The van der Waals surface area contributed by atoms with E-state index in [9.17, 15) is 28.6 Å². The van der Waals surface area contributed by atoms with Crippen LogP contribution in [0.1, 0.15) is 51.2 Å². The van der Waals surface area contributed by atoms with Crippen molar-refractivity contribution in [2.45, 2.75) is 82.3 Å². The highest BCUT2D eigenvalue weighted by Crippen LogP contribution is 2.40. The molecule has 0 aliphatic carbocycles. The van der Waals surface area contributed by atoms with E-state index in [1.54, 1.807) is 24.3 Å². The molecule has 1 fully saturated rings. The van der Waals surface area contributed by atoms with Crippen molar-refractivity contribution in [2.24, 2.45) is 5.18 Å². The van der Waals surface area contributed by atoms with Gasteiger partial charge in [-0.1, -0.05) is 60.7 Å². The van der Waals surface area contributed by atoms with Gasteiger partial charge in [0.25, 0.3) is 0 Å². The summed E-state index contributed by atoms with van der Waals surface area (Å²) in [5, 5.41) is 19.7. The van der Waals surface area contributed by atoms with Crippen molar-refractivity contribution in [1.29, 1.82) is 0 Å². The van der Waals surface area contributed by atoms with Gasteiger partial charge in [-0.3, -0.25) is 18.7 Å². The summed E-state index contributed by atoms with van der Waals surface area (Å²) in [5.74, 6) is -1.71. The van der Waals surface area contributed by atoms with Crippen molar-refractivity contribution in [3.8, 4) is 0 Å². The molecule has 1 unspecified atom stereocenters. The van der Waals surface area contributed by atoms with E-state index in [2.05, 4.69) is 15.8 Å². The van der Waals surface area contributed by atoms with E-state index >= 15 is 0 Å². The maximum Gasteiger partial charge on any atom is 0.408 e. The minimum atomic E-state index is -1.46. The number of benzene rings is 2. The number of nitroso groups, excluding NO2 is 1. The van der Waals surface area contributed by atoms with E-state index in [1.807, 2.05) is 62.1 Å². The number of alkyl carbamates (subject to hydrolysis) is 1. The first-order valence-corrected chi connectivity index (χ1v) is 16.0. The molecule has 3 N–H and O–H groups in total. The number of nitrogens with one attached hydrogen (secondary N) is 2. The lowest BCUT2D eigenvalue weighted by Crippen LogP contribution is -2.61. The van der Waals surface area contributed by atoms with Crippen LogP contribution in [0.15, 0.2) is 65.8 Å². The molecule has 2 aromatic rings. The molecule has 2 aromatic carbocycles. The highest BCUT2D eigenvalue weighted by atomic mass is 32.2. The molecule has 0 spiro atoms. The van der Waals surface area contributed by atoms with E-state index in [0.717, 1.165) is 11.1 Å². The summed E-state index contributed by atoms with van der Waals surface area (Å²) in [6.07, 6.45) is 0.325. The Morgan fingerprint density at radius 2 is 1.65 bits per heavy atom. The molecule has 3 rings (SSSR count). The molecule has 0 bridgehead atoms. The lowest BCUT2D eigenvalue weighted by Gasteiger charge is -2.45. The Morgan fingerprint density at radius 1 is 1.05 bits per heavy atom. The van der Waals surface area contributed by atoms with E-state index in [-0.39, 0.29) is 25.2 Å². The minimum Gasteiger partial charge on any atom is -0.445 e. The molecule has 43 heavy (non-hydrogen) atoms. The van der Waals surface area contributed by atoms with Gasteiger partial charge in [0.2, 0.25) is 5.91 Å². The number of amides is 3. The molecule has 11 nitrogen and oxygen atoms in total. The summed E-state index contributed by atoms with van der Waals surface area (Å²) < 4.78 is 17.4. The number of rotatable bonds is 13. The summed E-state index contributed by atoms with van der Waals surface area (Å²) >= 11 is 0. The Kier molecular flexibility index (Phi) is 12.1. The van der Waals surface area contributed by atoms with E-state index in [4.69, 9.17) is 4.74 Å². The highest BCUT2D eigenvalue weighted by Gasteiger charge is 2.53. The summed E-state index contributed by atoms with van der Waals surface area (Å²) in [6.45, 7) is 6.32. The standard InChI is InChI=1S/C31H42N4O7S/c1-30(2,3)35-17-11-16-31(35,28(38)34-40)19-26(36)24(18-22-12-7-5-8-13-22)32-27(37)25(21-43(4)41)33-29(39)42-20-23-14-9-6-10-15-23/h5-10,12-15,24-26,36H,11,16-21H2,1-4H3,(H,32,37)(H,33,39)/t24-,25-,26+,31+,43?/m0/s1. The largest absolute Gasteiger partial charge is 0.445 e. The van der Waals surface area contributed by atoms with Crippen molar-refractivity contribution in [3.05, 3.63) is 76.7 Å². The zero-order valence-electron chi connectivity index (χ0n) is 25.2. The van der Waals surface area contributed by atoms with Crippen molar-refractivity contribution >= 4 is 28.7 Å². The number of ether oxygens (including phenoxy) is 1. The van der Waals surface area contributed by atoms with E-state index in [0.29, 0.717) is 19.4 Å². The number of nitrogens with zero attached hydrogens (tertiary/aromatic N) is 2. The predicted molar refractivity (Wildman–Crippen MR) is 164 cm³/mol. The van der Waals surface area contributed by atoms with Gasteiger partial charge < -0.3 is 20.5 Å². The highest BCUT2D eigenvalue weighted by molar-refractivity contribution is 7.84. The van der Waals surface area contributed by atoms with Gasteiger partial charge >= 0.3 is 12.0 Å². The molecule has 1 heterocycles. The quantitative estimate of drug-likeness (QED) is 0.291. The van der Waals surface area contributed by atoms with Crippen molar-refractivity contribution in [3.63, 3.8) is 0 Å². The maximum atomic E-state index is 13.6. The first-order valence-electron chi connectivity index (χ1n) is 14.3. The number of carbonyl (C=O) groups is 3. The average molecular weight is 615 g/mol. The third-order valence-electron chi connectivity index (χ3n) is 7.64. The van der Waals surface area contributed by atoms with Crippen LogP contribution < -0.4 is 10.6 Å². The fourth-order valence-electron chi connectivity index (χ4n) is 5.71. The van der Waals surface area contributed by atoms with Crippen LogP contribution in [0.5, 0.6) is 0 Å². The number of aliphatic hydroxyl groups excluding tert-OH is 1. The van der Waals surface area contributed by atoms with Crippen molar-refractivity contribution < 1.29 is 28.4 Å². The second-order valence-corrected chi connectivity index (χ2v) is 13.4. The first kappa shape index (κ1) is 34.0. The van der Waals surface area contributed by atoms with E-state index < -0.39 is 58.0 Å². The zero-order valence-corrected chi connectivity index (χ0v) is 26.0. The van der Waals surface area contributed by atoms with Gasteiger partial charge in [-0.2, -0.15) is 0 Å². The average Bonchev–Trinajstić information content (AvgIpc) is 3.41. The molecule has 3 amide bonds. The van der Waals surface area contributed by atoms with Crippen LogP contribution in [0.3, 0.4) is 0 Å². The van der Waals surface area contributed by atoms with Crippen LogP contribution in [0.2, 0.25) is 0 Å². The third-order valence-corrected chi connectivity index (χ3v) is 8.44. The number of carbonyl (C=O) groups excluding carboxylic acids is 3. The van der Waals surface area contributed by atoms with Crippen LogP contribution in [0.4, 0.5) is 4.79 Å². The van der Waals surface area contributed by atoms with Crippen LogP contribution in [-0.4, -0.2) is 79.9 Å². The maximum absolute atomic E-state index is 13.6. The molecule has 0 radical (unpaired) electrons. The van der Waals surface area contributed by atoms with Crippen LogP contribution in [-0.2, 0) is 38.2 Å². The van der Waals surface area contributed by atoms with Gasteiger partial charge in [0, 0.05) is 34.2 Å². The minimum absolute atomic E-state index is 0.0171. The molecule has 12 heteroatoms. The second-order valence-electron chi connectivity index (χ2n) is 11.9. The molecule has 234 valence electrons. The topological polar surface area (TPSA) is 154 Å². The van der Waals surface area contributed by atoms with E-state index in [1.165, 1.54) is 6.26 Å². The van der Waals surface area contributed by atoms with Gasteiger partial charge in [-0.05, 0) is 57.7 Å². The normalized spacial score (nSPS) is 19.9. The van der Waals surface area contributed by atoms with Gasteiger partial charge in [0.1, 0.15) is 18.2 Å². The first-order chi connectivity index (χ1) is 20.4. The van der Waals surface area contributed by atoms with Gasteiger partial charge in [-0.25, -0.2) is 4.79 Å². The Morgan fingerprint density at radius 3 is 2.21 bits per heavy atom. The summed E-state index contributed by atoms with van der Waals surface area (Å²) in [7, 11) is -1.46. The molecule has 1 aliphatic heterocycles. The zero-order chi connectivity index (χ0) is 31.6. The van der Waals surface area contributed by atoms with Crippen LogP contribution >= 0.6 is 0 Å². The smallest absolute Gasteiger partial charge is 0.408 e. The molecule has 5 atom stereocenters. The predicted octanol–water partition coefficient (Wildman–Crippen LogP) is 3.06. The Labute approximate surface area is 255 Å². The fourth-order valence-corrected chi connectivity index (χ4v) is 6.41. The molecular weight excluding hydrogens is 572 g/mol. The summed E-state index contributed by atoms with van der Waals surface area (Å²) in [6, 6.07) is 16.1. The molecule has 0 saturated carbocycles. The lowest BCUT2D eigenvalue weighted by molar-refractivity contribution is -0.135. The number of likely N-dealkylation sites (tertiary alicyclic amines) is 1. The summed E-state index contributed by atoms with van der Waals surface area (Å²) in [5.41, 5.74) is -0.253. The Bertz CT molecular complexity index is 1270. The number of hydrogen-bond acceptors (Lipinski definition) is 8. The SMILES string of the molecule is CS(=O)C[C@H](NC(=O)OCc1ccccc1)C(=O)N[C@@H](Cc1ccccc1)[C@H](O)C[C@@]1(C(=O)N=O)CCCN1C(C)(C)C. The van der Waals surface area contributed by atoms with Crippen molar-refractivity contribution in [1.82, 2.24) is 15.5 Å². The van der Waals surface area contributed by atoms with Gasteiger partial charge in [0.05, 0.1) is 17.9 Å². The second kappa shape index (κ2) is 15.3. The monoisotopic (exact) mass is 614 g/mol. The summed E-state index contributed by atoms with van der Waals surface area (Å²) in [4.78, 5) is 52.6. The molecule has 1 saturated heterocycles. The molecule has 0 aromatic heterocycles. The number of aliphatic hydroxyl groups is 1.